The van der Waals surface area contributed by atoms with Crippen LogP contribution in [-0.4, -0.2) is 23.0 Å². The number of aliphatic hydroxyl groups excluding tert-OH is 1. The Morgan fingerprint density at radius 2 is 1.86 bits per heavy atom. The number of aliphatic hydroxyl groups is 1. The van der Waals surface area contributed by atoms with E-state index in [0.29, 0.717) is 12.0 Å². The second-order valence-corrected chi connectivity index (χ2v) is 7.72. The Kier molecular flexibility index (Phi) is 4.47. The van der Waals surface area contributed by atoms with Crippen LogP contribution in [0.2, 0.25) is 0 Å². The van der Waals surface area contributed by atoms with E-state index in [1.54, 1.807) is 0 Å². The SMILES string of the molecule is CC1CC(C)(C)N(C(O)NC2CCCCC2)c2ccccc21. The molecule has 3 nitrogen and oxygen atoms in total. The molecule has 122 valence electrons. The van der Waals surface area contributed by atoms with Gasteiger partial charge < -0.3 is 10.0 Å². The minimum absolute atomic E-state index is 0.0468. The molecule has 1 heterocycles. The molecule has 2 atom stereocenters. The van der Waals surface area contributed by atoms with Crippen molar-refractivity contribution in [1.82, 2.24) is 5.32 Å². The highest BCUT2D eigenvalue weighted by Gasteiger charge is 2.39. The van der Waals surface area contributed by atoms with E-state index in [9.17, 15) is 5.11 Å². The van der Waals surface area contributed by atoms with Crippen molar-refractivity contribution in [1.29, 1.82) is 0 Å². The van der Waals surface area contributed by atoms with Gasteiger partial charge in [0.1, 0.15) is 0 Å². The molecule has 2 unspecified atom stereocenters. The summed E-state index contributed by atoms with van der Waals surface area (Å²) in [5.41, 5.74) is 2.49. The van der Waals surface area contributed by atoms with Crippen molar-refractivity contribution in [3.05, 3.63) is 29.8 Å². The summed E-state index contributed by atoms with van der Waals surface area (Å²) in [4.78, 5) is 2.19. The summed E-state index contributed by atoms with van der Waals surface area (Å²) >= 11 is 0. The summed E-state index contributed by atoms with van der Waals surface area (Å²) in [5, 5.41) is 14.4. The summed E-state index contributed by atoms with van der Waals surface area (Å²) in [6.07, 6.45) is 6.72. The fourth-order valence-electron chi connectivity index (χ4n) is 4.42. The average molecular weight is 302 g/mol. The first kappa shape index (κ1) is 15.8. The predicted octanol–water partition coefficient (Wildman–Crippen LogP) is 3.98. The number of fused-ring (bicyclic) bond motifs is 1. The first-order valence-corrected chi connectivity index (χ1v) is 8.81. The van der Waals surface area contributed by atoms with Crippen molar-refractivity contribution in [2.24, 2.45) is 0 Å². The standard InChI is InChI=1S/C19H30N2O/c1-14-13-19(2,3)21(17-12-8-7-11-16(14)17)18(22)20-15-9-5-4-6-10-15/h7-8,11-12,14-15,18,20,22H,4-6,9-10,13H2,1-3H3. The van der Waals surface area contributed by atoms with Gasteiger partial charge in [-0.05, 0) is 50.7 Å². The second-order valence-electron chi connectivity index (χ2n) is 7.72. The minimum Gasteiger partial charge on any atom is -0.361 e. The normalized spacial score (nSPS) is 26.5. The second kappa shape index (κ2) is 6.21. The monoisotopic (exact) mass is 302 g/mol. The van der Waals surface area contributed by atoms with Crippen molar-refractivity contribution < 1.29 is 5.11 Å². The van der Waals surface area contributed by atoms with Crippen LogP contribution >= 0.6 is 0 Å². The van der Waals surface area contributed by atoms with Crippen LogP contribution in [0.1, 0.15) is 70.8 Å². The molecule has 0 saturated heterocycles. The molecule has 1 fully saturated rings. The van der Waals surface area contributed by atoms with Crippen molar-refractivity contribution in [3.63, 3.8) is 0 Å². The Hall–Kier alpha value is -1.06. The number of hydrogen-bond donors (Lipinski definition) is 2. The van der Waals surface area contributed by atoms with E-state index in [0.717, 1.165) is 6.42 Å². The molecular formula is C19H30N2O. The van der Waals surface area contributed by atoms with Gasteiger partial charge in [0.2, 0.25) is 0 Å². The Labute approximate surface area is 134 Å². The van der Waals surface area contributed by atoms with Gasteiger partial charge in [0, 0.05) is 17.3 Å². The Balaban J connectivity index is 1.84. The summed E-state index contributed by atoms with van der Waals surface area (Å²) in [7, 11) is 0. The molecule has 0 aromatic heterocycles. The lowest BCUT2D eigenvalue weighted by molar-refractivity contribution is 0.0824. The lowest BCUT2D eigenvalue weighted by Crippen LogP contribution is -2.60. The maximum Gasteiger partial charge on any atom is 0.184 e. The highest BCUT2D eigenvalue weighted by atomic mass is 16.3. The number of benzene rings is 1. The van der Waals surface area contributed by atoms with Crippen LogP contribution in [0, 0.1) is 0 Å². The van der Waals surface area contributed by atoms with Crippen molar-refractivity contribution in [3.8, 4) is 0 Å². The molecule has 22 heavy (non-hydrogen) atoms. The van der Waals surface area contributed by atoms with Gasteiger partial charge in [0.15, 0.2) is 6.35 Å². The molecule has 0 radical (unpaired) electrons. The molecule has 0 spiro atoms. The van der Waals surface area contributed by atoms with Crippen LogP contribution in [0.25, 0.3) is 0 Å². The summed E-state index contributed by atoms with van der Waals surface area (Å²) in [6, 6.07) is 8.99. The van der Waals surface area contributed by atoms with Crippen LogP contribution in [0.5, 0.6) is 0 Å². The molecule has 0 amide bonds. The summed E-state index contributed by atoms with van der Waals surface area (Å²) in [5.74, 6) is 0.532. The van der Waals surface area contributed by atoms with E-state index in [-0.39, 0.29) is 5.54 Å². The lowest BCUT2D eigenvalue weighted by Gasteiger charge is -2.50. The molecule has 1 saturated carbocycles. The predicted molar refractivity (Wildman–Crippen MR) is 92.0 cm³/mol. The van der Waals surface area contributed by atoms with Gasteiger partial charge in [-0.25, -0.2) is 0 Å². The number of hydrogen-bond acceptors (Lipinski definition) is 3. The van der Waals surface area contributed by atoms with E-state index in [4.69, 9.17) is 0 Å². The van der Waals surface area contributed by atoms with Gasteiger partial charge >= 0.3 is 0 Å². The van der Waals surface area contributed by atoms with Crippen LogP contribution in [-0.2, 0) is 0 Å². The highest BCUT2D eigenvalue weighted by Crippen LogP contribution is 2.43. The minimum atomic E-state index is -0.605. The zero-order chi connectivity index (χ0) is 15.7. The average Bonchev–Trinajstić information content (AvgIpc) is 2.47. The van der Waals surface area contributed by atoms with Crippen LogP contribution in [0.3, 0.4) is 0 Å². The molecule has 1 aromatic carbocycles. The summed E-state index contributed by atoms with van der Waals surface area (Å²) in [6.45, 7) is 6.77. The number of nitrogens with one attached hydrogen (secondary N) is 1. The van der Waals surface area contributed by atoms with Gasteiger partial charge in [-0.2, -0.15) is 0 Å². The van der Waals surface area contributed by atoms with E-state index < -0.39 is 6.35 Å². The van der Waals surface area contributed by atoms with Gasteiger partial charge in [0.05, 0.1) is 0 Å². The quantitative estimate of drug-likeness (QED) is 0.829. The van der Waals surface area contributed by atoms with Crippen LogP contribution < -0.4 is 10.2 Å². The molecule has 3 rings (SSSR count). The third-order valence-electron chi connectivity index (χ3n) is 5.42. The van der Waals surface area contributed by atoms with Crippen LogP contribution in [0.4, 0.5) is 5.69 Å². The van der Waals surface area contributed by atoms with Crippen LogP contribution in [0.15, 0.2) is 24.3 Å². The van der Waals surface area contributed by atoms with Crippen molar-refractivity contribution in [2.45, 2.75) is 83.1 Å². The van der Waals surface area contributed by atoms with Crippen molar-refractivity contribution >= 4 is 5.69 Å². The van der Waals surface area contributed by atoms with Crippen molar-refractivity contribution in [2.75, 3.05) is 4.90 Å². The number of rotatable bonds is 3. The third kappa shape index (κ3) is 3.02. The zero-order valence-electron chi connectivity index (χ0n) is 14.2. The molecule has 2 aliphatic rings. The number of nitrogens with zero attached hydrogens (tertiary/aromatic N) is 1. The van der Waals surface area contributed by atoms with Gasteiger partial charge in [-0.15, -0.1) is 0 Å². The van der Waals surface area contributed by atoms with Gasteiger partial charge in [-0.1, -0.05) is 44.4 Å². The Bertz CT molecular complexity index is 508. The van der Waals surface area contributed by atoms with Gasteiger partial charge in [0.25, 0.3) is 0 Å². The Morgan fingerprint density at radius 3 is 2.59 bits per heavy atom. The molecule has 1 aliphatic heterocycles. The van der Waals surface area contributed by atoms with Gasteiger partial charge in [-0.3, -0.25) is 5.32 Å². The first-order valence-electron chi connectivity index (χ1n) is 8.81. The topological polar surface area (TPSA) is 35.5 Å². The molecule has 3 heteroatoms. The van der Waals surface area contributed by atoms with E-state index in [2.05, 4.69) is 55.3 Å². The molecule has 1 aliphatic carbocycles. The lowest BCUT2D eigenvalue weighted by atomic mass is 9.80. The number of anilines is 1. The summed E-state index contributed by atoms with van der Waals surface area (Å²) < 4.78 is 0. The first-order chi connectivity index (χ1) is 10.5. The third-order valence-corrected chi connectivity index (χ3v) is 5.42. The maximum atomic E-state index is 10.9. The van der Waals surface area contributed by atoms with E-state index in [1.165, 1.54) is 43.4 Å². The largest absolute Gasteiger partial charge is 0.361 e. The molecule has 1 aromatic rings. The Morgan fingerprint density at radius 1 is 1.18 bits per heavy atom. The zero-order valence-corrected chi connectivity index (χ0v) is 14.2. The smallest absolute Gasteiger partial charge is 0.184 e. The highest BCUT2D eigenvalue weighted by molar-refractivity contribution is 5.59. The fourth-order valence-corrected chi connectivity index (χ4v) is 4.42. The van der Waals surface area contributed by atoms with E-state index in [1.807, 2.05) is 0 Å². The maximum absolute atomic E-state index is 10.9. The van der Waals surface area contributed by atoms with E-state index >= 15 is 0 Å². The molecular weight excluding hydrogens is 272 g/mol. The fraction of sp³-hybridized carbons (Fsp3) is 0.684. The number of para-hydroxylation sites is 1. The molecule has 2 N–H and O–H groups in total. The molecule has 0 bridgehead atoms.